The van der Waals surface area contributed by atoms with Gasteiger partial charge in [-0.2, -0.15) is 0 Å². The van der Waals surface area contributed by atoms with Crippen LogP contribution in [0.25, 0.3) is 0 Å². The molecule has 1 aliphatic carbocycles. The van der Waals surface area contributed by atoms with Crippen LogP contribution in [0.15, 0.2) is 47.1 Å². The molecule has 1 aromatic heterocycles. The topological polar surface area (TPSA) is 45.5 Å². The smallest absolute Gasteiger partial charge is 0.223 e. The highest BCUT2D eigenvalue weighted by Gasteiger charge is 2.28. The average Bonchev–Trinajstić information content (AvgIpc) is 3.23. The number of hydrogen-bond acceptors (Lipinski definition) is 3. The molecule has 1 N–H and O–H groups in total. The SMILES string of the molecule is O=C(NC[C@@H](c1ccco1)N1CCc2ccccc2C1)C1CCCCC1. The van der Waals surface area contributed by atoms with Crippen LogP contribution >= 0.6 is 0 Å². The minimum Gasteiger partial charge on any atom is -0.468 e. The first-order valence-corrected chi connectivity index (χ1v) is 9.93. The van der Waals surface area contributed by atoms with Crippen molar-refractivity contribution in [3.05, 3.63) is 59.5 Å². The highest BCUT2D eigenvalue weighted by molar-refractivity contribution is 5.78. The second-order valence-electron chi connectivity index (χ2n) is 7.60. The predicted molar refractivity (Wildman–Crippen MR) is 102 cm³/mol. The Kier molecular flexibility index (Phi) is 5.40. The van der Waals surface area contributed by atoms with Gasteiger partial charge >= 0.3 is 0 Å². The first kappa shape index (κ1) is 17.3. The summed E-state index contributed by atoms with van der Waals surface area (Å²) in [5, 5.41) is 3.22. The van der Waals surface area contributed by atoms with Crippen LogP contribution in [0.3, 0.4) is 0 Å². The van der Waals surface area contributed by atoms with E-state index in [0.29, 0.717) is 6.54 Å². The predicted octanol–water partition coefficient (Wildman–Crippen LogP) is 4.08. The van der Waals surface area contributed by atoms with E-state index in [1.54, 1.807) is 6.26 Å². The molecule has 2 heterocycles. The van der Waals surface area contributed by atoms with E-state index in [2.05, 4.69) is 34.5 Å². The normalized spacial score (nSPS) is 19.7. The molecule has 2 aliphatic rings. The first-order chi connectivity index (χ1) is 12.8. The summed E-state index contributed by atoms with van der Waals surface area (Å²) >= 11 is 0. The Morgan fingerprint density at radius 1 is 1.12 bits per heavy atom. The molecule has 0 bridgehead atoms. The van der Waals surface area contributed by atoms with Crippen LogP contribution in [0.4, 0.5) is 0 Å². The second kappa shape index (κ2) is 8.09. The quantitative estimate of drug-likeness (QED) is 0.882. The van der Waals surface area contributed by atoms with E-state index in [-0.39, 0.29) is 17.9 Å². The van der Waals surface area contributed by atoms with Crippen molar-refractivity contribution in [2.45, 2.75) is 51.1 Å². The standard InChI is InChI=1S/C22H28N2O2/c25-22(18-8-2-1-3-9-18)23-15-20(21-11-6-14-26-21)24-13-12-17-7-4-5-10-19(17)16-24/h4-7,10-11,14,18,20H,1-3,8-9,12-13,15-16H2,(H,23,25)/t20-/m0/s1. The molecule has 1 fully saturated rings. The maximum atomic E-state index is 12.6. The summed E-state index contributed by atoms with van der Waals surface area (Å²) in [5.41, 5.74) is 2.82. The molecule has 1 atom stereocenters. The fourth-order valence-electron chi connectivity index (χ4n) is 4.38. The van der Waals surface area contributed by atoms with Gasteiger partial charge in [0, 0.05) is 25.6 Å². The highest BCUT2D eigenvalue weighted by Crippen LogP contribution is 2.28. The molecule has 0 radical (unpaired) electrons. The average molecular weight is 352 g/mol. The minimum absolute atomic E-state index is 0.0888. The molecule has 1 aromatic carbocycles. The van der Waals surface area contributed by atoms with Gasteiger partial charge < -0.3 is 9.73 Å². The van der Waals surface area contributed by atoms with Crippen molar-refractivity contribution in [3.63, 3.8) is 0 Å². The summed E-state index contributed by atoms with van der Waals surface area (Å²) in [6, 6.07) is 12.7. The number of furan rings is 1. The van der Waals surface area contributed by atoms with Gasteiger partial charge in [0.1, 0.15) is 5.76 Å². The van der Waals surface area contributed by atoms with Crippen LogP contribution in [-0.4, -0.2) is 23.9 Å². The Labute approximate surface area is 155 Å². The largest absolute Gasteiger partial charge is 0.468 e. The van der Waals surface area contributed by atoms with Crippen molar-refractivity contribution in [3.8, 4) is 0 Å². The third-order valence-corrected chi connectivity index (χ3v) is 5.92. The van der Waals surface area contributed by atoms with Gasteiger partial charge in [0.25, 0.3) is 0 Å². The molecule has 1 saturated carbocycles. The zero-order valence-corrected chi connectivity index (χ0v) is 15.3. The Morgan fingerprint density at radius 2 is 1.92 bits per heavy atom. The molecule has 0 saturated heterocycles. The number of nitrogens with zero attached hydrogens (tertiary/aromatic N) is 1. The molecule has 4 nitrogen and oxygen atoms in total. The van der Waals surface area contributed by atoms with Crippen molar-refractivity contribution in [2.24, 2.45) is 5.92 Å². The summed E-state index contributed by atoms with van der Waals surface area (Å²) in [5.74, 6) is 1.36. The van der Waals surface area contributed by atoms with Crippen LogP contribution in [0.5, 0.6) is 0 Å². The van der Waals surface area contributed by atoms with Gasteiger partial charge in [0.05, 0.1) is 12.3 Å². The fraction of sp³-hybridized carbons (Fsp3) is 0.500. The van der Waals surface area contributed by atoms with Crippen molar-refractivity contribution in [2.75, 3.05) is 13.1 Å². The van der Waals surface area contributed by atoms with E-state index in [0.717, 1.165) is 38.1 Å². The monoisotopic (exact) mass is 352 g/mol. The minimum atomic E-state index is 0.0888. The Morgan fingerprint density at radius 3 is 2.69 bits per heavy atom. The number of amides is 1. The lowest BCUT2D eigenvalue weighted by Gasteiger charge is -2.35. The van der Waals surface area contributed by atoms with Crippen LogP contribution in [0.2, 0.25) is 0 Å². The molecule has 1 aliphatic heterocycles. The van der Waals surface area contributed by atoms with Gasteiger partial charge in [-0.15, -0.1) is 0 Å². The number of nitrogens with one attached hydrogen (secondary N) is 1. The van der Waals surface area contributed by atoms with E-state index < -0.39 is 0 Å². The number of carbonyl (C=O) groups excluding carboxylic acids is 1. The Bertz CT molecular complexity index is 720. The van der Waals surface area contributed by atoms with Crippen molar-refractivity contribution in [1.82, 2.24) is 10.2 Å². The molecule has 138 valence electrons. The molecule has 0 unspecified atom stereocenters. The van der Waals surface area contributed by atoms with Gasteiger partial charge in [0.2, 0.25) is 5.91 Å². The lowest BCUT2D eigenvalue weighted by molar-refractivity contribution is -0.126. The zero-order chi connectivity index (χ0) is 17.8. The number of carbonyl (C=O) groups is 1. The first-order valence-electron chi connectivity index (χ1n) is 9.93. The molecular weight excluding hydrogens is 324 g/mol. The Balaban J connectivity index is 1.44. The molecule has 0 spiro atoms. The Hall–Kier alpha value is -2.07. The molecule has 26 heavy (non-hydrogen) atoms. The number of hydrogen-bond donors (Lipinski definition) is 1. The lowest BCUT2D eigenvalue weighted by Crippen LogP contribution is -2.42. The van der Waals surface area contributed by atoms with E-state index >= 15 is 0 Å². The van der Waals surface area contributed by atoms with E-state index in [4.69, 9.17) is 4.42 Å². The summed E-state index contributed by atoms with van der Waals surface area (Å²) < 4.78 is 5.72. The van der Waals surface area contributed by atoms with Crippen LogP contribution in [0, 0.1) is 5.92 Å². The van der Waals surface area contributed by atoms with Gasteiger partial charge in [-0.3, -0.25) is 9.69 Å². The molecular formula is C22H28N2O2. The van der Waals surface area contributed by atoms with Crippen LogP contribution in [0.1, 0.15) is 55.0 Å². The summed E-state index contributed by atoms with van der Waals surface area (Å²) in [4.78, 5) is 15.0. The van der Waals surface area contributed by atoms with E-state index in [1.165, 1.54) is 30.4 Å². The fourth-order valence-corrected chi connectivity index (χ4v) is 4.38. The lowest BCUT2D eigenvalue weighted by atomic mass is 9.88. The highest BCUT2D eigenvalue weighted by atomic mass is 16.3. The molecule has 4 heteroatoms. The number of fused-ring (bicyclic) bond motifs is 1. The third kappa shape index (κ3) is 3.85. The number of benzene rings is 1. The zero-order valence-electron chi connectivity index (χ0n) is 15.3. The maximum Gasteiger partial charge on any atom is 0.223 e. The number of rotatable bonds is 5. The summed E-state index contributed by atoms with van der Waals surface area (Å²) in [7, 11) is 0. The van der Waals surface area contributed by atoms with Crippen LogP contribution < -0.4 is 5.32 Å². The van der Waals surface area contributed by atoms with Crippen LogP contribution in [-0.2, 0) is 17.8 Å². The van der Waals surface area contributed by atoms with Crippen molar-refractivity contribution >= 4 is 5.91 Å². The van der Waals surface area contributed by atoms with Gasteiger partial charge in [0.15, 0.2) is 0 Å². The second-order valence-corrected chi connectivity index (χ2v) is 7.60. The van der Waals surface area contributed by atoms with Crippen molar-refractivity contribution < 1.29 is 9.21 Å². The maximum absolute atomic E-state index is 12.6. The summed E-state index contributed by atoms with van der Waals surface area (Å²) in [6.45, 7) is 2.51. The molecule has 2 aromatic rings. The van der Waals surface area contributed by atoms with Gasteiger partial charge in [-0.25, -0.2) is 0 Å². The van der Waals surface area contributed by atoms with Gasteiger partial charge in [-0.05, 0) is 42.5 Å². The van der Waals surface area contributed by atoms with Gasteiger partial charge in [-0.1, -0.05) is 43.5 Å². The molecule has 4 rings (SSSR count). The third-order valence-electron chi connectivity index (χ3n) is 5.92. The van der Waals surface area contributed by atoms with E-state index in [1.807, 2.05) is 12.1 Å². The summed E-state index contributed by atoms with van der Waals surface area (Å²) in [6.07, 6.45) is 8.48. The van der Waals surface area contributed by atoms with E-state index in [9.17, 15) is 4.79 Å². The molecule has 1 amide bonds. The van der Waals surface area contributed by atoms with Crippen molar-refractivity contribution in [1.29, 1.82) is 0 Å².